The van der Waals surface area contributed by atoms with Gasteiger partial charge in [0.15, 0.2) is 0 Å². The van der Waals surface area contributed by atoms with Gasteiger partial charge < -0.3 is 9.53 Å². The van der Waals surface area contributed by atoms with Crippen LogP contribution in [0.4, 0.5) is 0 Å². The fraction of sp³-hybridized carbons (Fsp3) is 0.667. The van der Waals surface area contributed by atoms with Crippen LogP contribution >= 0.6 is 0 Å². The molecule has 0 rings (SSSR count). The molecule has 0 aliphatic carbocycles. The highest BCUT2D eigenvalue weighted by Crippen LogP contribution is 2.43. The summed E-state index contributed by atoms with van der Waals surface area (Å²) in [6, 6.07) is 0. The quantitative estimate of drug-likeness (QED) is 0.329. The molecule has 0 saturated heterocycles. The number of hydrogen-bond donors (Lipinski definition) is 0. The van der Waals surface area contributed by atoms with Crippen molar-refractivity contribution in [2.45, 2.75) is 44.4 Å². The first-order valence-electron chi connectivity index (χ1n) is 5.38. The number of esters is 1. The van der Waals surface area contributed by atoms with Gasteiger partial charge in [-0.1, -0.05) is 39.9 Å². The molecule has 3 nitrogen and oxygen atoms in total. The van der Waals surface area contributed by atoms with Gasteiger partial charge in [0.2, 0.25) is 0 Å². The molecule has 0 fully saturated rings. The third-order valence-corrected chi connectivity index (χ3v) is 9.42. The third kappa shape index (κ3) is 3.59. The van der Waals surface area contributed by atoms with E-state index >= 15 is 0 Å². The highest BCUT2D eigenvalue weighted by atomic mass is 28.3. The molecule has 0 aromatic rings. The van der Waals surface area contributed by atoms with E-state index < -0.39 is 14.0 Å². The Labute approximate surface area is 98.9 Å². The lowest BCUT2D eigenvalue weighted by atomic mass is 10.2. The van der Waals surface area contributed by atoms with Gasteiger partial charge in [-0.15, -0.1) is 0 Å². The van der Waals surface area contributed by atoms with Crippen molar-refractivity contribution >= 4 is 20.3 Å². The van der Waals surface area contributed by atoms with Crippen molar-refractivity contribution in [1.29, 1.82) is 0 Å². The van der Waals surface area contributed by atoms with E-state index in [2.05, 4.69) is 38.6 Å². The first kappa shape index (κ1) is 15.1. The molecule has 0 spiro atoms. The molecular formula is C12H22O3Si. The predicted octanol–water partition coefficient (Wildman–Crippen LogP) is 2.79. The van der Waals surface area contributed by atoms with Crippen LogP contribution in [0.3, 0.4) is 0 Å². The zero-order chi connectivity index (χ0) is 13.0. The Morgan fingerprint density at radius 1 is 1.31 bits per heavy atom. The molecule has 16 heavy (non-hydrogen) atoms. The van der Waals surface area contributed by atoms with Gasteiger partial charge in [0.1, 0.15) is 6.29 Å². The molecule has 0 heterocycles. The van der Waals surface area contributed by atoms with Gasteiger partial charge in [0, 0.05) is 11.6 Å². The number of aldehydes is 1. The van der Waals surface area contributed by atoms with Crippen LogP contribution in [0.15, 0.2) is 12.2 Å². The van der Waals surface area contributed by atoms with E-state index in [4.69, 9.17) is 0 Å². The minimum atomic E-state index is -1.78. The molecule has 0 aromatic carbocycles. The summed E-state index contributed by atoms with van der Waals surface area (Å²) in [6.45, 7) is 10.7. The maximum atomic E-state index is 11.1. The van der Waals surface area contributed by atoms with Crippen molar-refractivity contribution in [2.75, 3.05) is 7.11 Å². The number of allylic oxidation sites excluding steroid dienone is 1. The molecule has 0 N–H and O–H groups in total. The second-order valence-electron chi connectivity index (χ2n) is 5.52. The number of ether oxygens (including phenoxy) is 1. The summed E-state index contributed by atoms with van der Waals surface area (Å²) >= 11 is 0. The molecular weight excluding hydrogens is 220 g/mol. The van der Waals surface area contributed by atoms with Crippen LogP contribution in [0.5, 0.6) is 0 Å². The van der Waals surface area contributed by atoms with Gasteiger partial charge in [0.25, 0.3) is 0 Å². The monoisotopic (exact) mass is 242 g/mol. The van der Waals surface area contributed by atoms with Gasteiger partial charge in [-0.25, -0.2) is 4.79 Å². The van der Waals surface area contributed by atoms with E-state index in [1.807, 2.05) is 0 Å². The second-order valence-corrected chi connectivity index (χ2v) is 11.1. The zero-order valence-corrected chi connectivity index (χ0v) is 12.0. The molecule has 0 unspecified atom stereocenters. The second kappa shape index (κ2) is 5.43. The lowest BCUT2D eigenvalue weighted by Gasteiger charge is -2.39. The van der Waals surface area contributed by atoms with E-state index in [0.29, 0.717) is 0 Å². The van der Waals surface area contributed by atoms with Gasteiger partial charge in [-0.3, -0.25) is 0 Å². The molecule has 0 bridgehead atoms. The number of hydrogen-bond acceptors (Lipinski definition) is 3. The van der Waals surface area contributed by atoms with Crippen LogP contribution in [0.2, 0.25) is 23.7 Å². The van der Waals surface area contributed by atoms with Crippen LogP contribution in [0.1, 0.15) is 20.8 Å². The number of carbonyl (C=O) groups is 2. The van der Waals surface area contributed by atoms with Crippen LogP contribution in [-0.2, 0) is 14.3 Å². The van der Waals surface area contributed by atoms with Crippen LogP contribution in [-0.4, -0.2) is 27.4 Å². The SMILES string of the molecule is COC(=O)/C=C/[C@@H](C=O)[Si](C)(C)C(C)(C)C. The van der Waals surface area contributed by atoms with Crippen molar-refractivity contribution in [2.24, 2.45) is 0 Å². The summed E-state index contributed by atoms with van der Waals surface area (Å²) < 4.78 is 4.52. The minimum absolute atomic E-state index is 0.110. The molecule has 0 aromatic heterocycles. The van der Waals surface area contributed by atoms with E-state index in [0.717, 1.165) is 6.29 Å². The maximum Gasteiger partial charge on any atom is 0.330 e. The Morgan fingerprint density at radius 2 is 1.81 bits per heavy atom. The summed E-state index contributed by atoms with van der Waals surface area (Å²) in [5.41, 5.74) is -0.161. The van der Waals surface area contributed by atoms with Crippen molar-refractivity contribution in [3.8, 4) is 0 Å². The van der Waals surface area contributed by atoms with Crippen LogP contribution in [0.25, 0.3) is 0 Å². The Hall–Kier alpha value is -0.903. The Morgan fingerprint density at radius 3 is 2.12 bits per heavy atom. The normalized spacial score (nSPS) is 14.9. The highest BCUT2D eigenvalue weighted by molar-refractivity contribution is 6.84. The minimum Gasteiger partial charge on any atom is -0.466 e. The third-order valence-electron chi connectivity index (χ3n) is 3.55. The number of carbonyl (C=O) groups excluding carboxylic acids is 2. The molecule has 92 valence electrons. The van der Waals surface area contributed by atoms with E-state index in [-0.39, 0.29) is 10.6 Å². The summed E-state index contributed by atoms with van der Waals surface area (Å²) in [5, 5.41) is 0.110. The molecule has 1 atom stereocenters. The average Bonchev–Trinajstić information content (AvgIpc) is 2.16. The zero-order valence-electron chi connectivity index (χ0n) is 11.0. The average molecular weight is 242 g/mol. The Kier molecular flexibility index (Phi) is 5.13. The first-order chi connectivity index (χ1) is 7.16. The van der Waals surface area contributed by atoms with Crippen molar-refractivity contribution < 1.29 is 14.3 Å². The lowest BCUT2D eigenvalue weighted by molar-refractivity contribution is -0.134. The Balaban J connectivity index is 4.94. The molecule has 0 saturated carbocycles. The fourth-order valence-corrected chi connectivity index (χ4v) is 3.12. The fourth-order valence-electron chi connectivity index (χ4n) is 1.21. The van der Waals surface area contributed by atoms with Gasteiger partial charge >= 0.3 is 5.97 Å². The van der Waals surface area contributed by atoms with Crippen LogP contribution < -0.4 is 0 Å². The molecule has 4 heteroatoms. The summed E-state index contributed by atoms with van der Waals surface area (Å²) in [6.07, 6.45) is 3.97. The van der Waals surface area contributed by atoms with Gasteiger partial charge in [0.05, 0.1) is 15.2 Å². The standard InChI is InChI=1S/C12H22O3Si/c1-12(2,3)16(5,6)10(9-13)7-8-11(14)15-4/h7-10H,1-6H3/b8-7+/t10-/m0/s1. The number of methoxy groups -OCH3 is 1. The van der Waals surface area contributed by atoms with E-state index in [1.54, 1.807) is 6.08 Å². The summed E-state index contributed by atoms with van der Waals surface area (Å²) in [7, 11) is -0.448. The molecule has 0 radical (unpaired) electrons. The maximum absolute atomic E-state index is 11.1. The molecule has 0 aliphatic rings. The van der Waals surface area contributed by atoms with Crippen molar-refractivity contribution in [3.05, 3.63) is 12.2 Å². The first-order valence-corrected chi connectivity index (χ1v) is 8.46. The van der Waals surface area contributed by atoms with Gasteiger partial charge in [-0.05, 0) is 5.04 Å². The van der Waals surface area contributed by atoms with Gasteiger partial charge in [-0.2, -0.15) is 0 Å². The highest BCUT2D eigenvalue weighted by Gasteiger charge is 2.40. The largest absolute Gasteiger partial charge is 0.466 e. The van der Waals surface area contributed by atoms with Crippen molar-refractivity contribution in [1.82, 2.24) is 0 Å². The summed E-state index contributed by atoms with van der Waals surface area (Å²) in [4.78, 5) is 22.1. The van der Waals surface area contributed by atoms with Crippen LogP contribution in [0, 0.1) is 0 Å². The Bertz CT molecular complexity index is 287. The van der Waals surface area contributed by atoms with Crippen molar-refractivity contribution in [3.63, 3.8) is 0 Å². The molecule has 0 amide bonds. The summed E-state index contributed by atoms with van der Waals surface area (Å²) in [5.74, 6) is -0.412. The van der Waals surface area contributed by atoms with E-state index in [9.17, 15) is 9.59 Å². The smallest absolute Gasteiger partial charge is 0.330 e. The predicted molar refractivity (Wildman–Crippen MR) is 68.2 cm³/mol. The molecule has 0 aliphatic heterocycles. The lowest BCUT2D eigenvalue weighted by Crippen LogP contribution is -2.42. The van der Waals surface area contributed by atoms with E-state index in [1.165, 1.54) is 13.2 Å². The number of rotatable bonds is 4. The topological polar surface area (TPSA) is 43.4 Å².